The average molecular weight is 559 g/mol. The molecule has 210 valence electrons. The molecule has 0 unspecified atom stereocenters. The van der Waals surface area contributed by atoms with Crippen molar-refractivity contribution >= 4 is 29.3 Å². The maximum atomic E-state index is 13.1. The van der Waals surface area contributed by atoms with E-state index in [1.54, 1.807) is 19.9 Å². The SMILES string of the molecule is CCOC(=O)/C(C)=C\C(C)=C\c1csc([C@H](Cc2ccc(OCc3ccccc3)cc2)NC(=O)C2CCCC2)n1. The third-order valence-electron chi connectivity index (χ3n) is 6.91. The lowest BCUT2D eigenvalue weighted by atomic mass is 10.0. The van der Waals surface area contributed by atoms with Crippen molar-refractivity contribution in [3.63, 3.8) is 0 Å². The van der Waals surface area contributed by atoms with Crippen LogP contribution >= 0.6 is 11.3 Å². The molecule has 0 aliphatic heterocycles. The molecule has 0 saturated heterocycles. The molecule has 1 heterocycles. The van der Waals surface area contributed by atoms with Crippen molar-refractivity contribution in [2.75, 3.05) is 6.61 Å². The predicted octanol–water partition coefficient (Wildman–Crippen LogP) is 7.23. The van der Waals surface area contributed by atoms with Gasteiger partial charge in [-0.1, -0.05) is 55.3 Å². The second-order valence-corrected chi connectivity index (χ2v) is 11.1. The average Bonchev–Trinajstić information content (AvgIpc) is 3.66. The van der Waals surface area contributed by atoms with Gasteiger partial charge in [0.15, 0.2) is 0 Å². The lowest BCUT2D eigenvalue weighted by Crippen LogP contribution is -2.34. The number of benzene rings is 2. The number of thiazole rings is 1. The second-order valence-electron chi connectivity index (χ2n) is 10.2. The summed E-state index contributed by atoms with van der Waals surface area (Å²) in [5.74, 6) is 0.679. The number of allylic oxidation sites excluding steroid dienone is 2. The number of ether oxygens (including phenoxy) is 2. The van der Waals surface area contributed by atoms with Crippen molar-refractivity contribution in [2.24, 2.45) is 5.92 Å². The number of aromatic nitrogens is 1. The summed E-state index contributed by atoms with van der Waals surface area (Å²) >= 11 is 1.54. The highest BCUT2D eigenvalue weighted by molar-refractivity contribution is 7.09. The van der Waals surface area contributed by atoms with Crippen LogP contribution in [0.25, 0.3) is 6.08 Å². The Morgan fingerprint density at radius 2 is 1.77 bits per heavy atom. The van der Waals surface area contributed by atoms with E-state index in [1.165, 1.54) is 11.3 Å². The Hall–Kier alpha value is -3.71. The zero-order chi connectivity index (χ0) is 28.3. The van der Waals surface area contributed by atoms with Crippen LogP contribution < -0.4 is 10.1 Å². The maximum Gasteiger partial charge on any atom is 0.333 e. The quantitative estimate of drug-likeness (QED) is 0.144. The smallest absolute Gasteiger partial charge is 0.333 e. The highest BCUT2D eigenvalue weighted by Crippen LogP contribution is 2.29. The van der Waals surface area contributed by atoms with E-state index < -0.39 is 0 Å². The Bertz CT molecular complexity index is 1320. The first-order valence-corrected chi connectivity index (χ1v) is 14.8. The van der Waals surface area contributed by atoms with Crippen molar-refractivity contribution in [1.82, 2.24) is 10.3 Å². The molecule has 1 atom stereocenters. The van der Waals surface area contributed by atoms with Crippen molar-refractivity contribution in [3.8, 4) is 5.75 Å². The highest BCUT2D eigenvalue weighted by atomic mass is 32.1. The summed E-state index contributed by atoms with van der Waals surface area (Å²) in [5, 5.41) is 6.15. The Labute approximate surface area is 241 Å². The number of carbonyl (C=O) groups is 2. The maximum absolute atomic E-state index is 13.1. The number of hydrogen-bond donors (Lipinski definition) is 1. The van der Waals surface area contributed by atoms with Gasteiger partial charge in [-0.3, -0.25) is 4.79 Å². The summed E-state index contributed by atoms with van der Waals surface area (Å²) in [4.78, 5) is 29.9. The summed E-state index contributed by atoms with van der Waals surface area (Å²) in [5.41, 5.74) is 4.47. The van der Waals surface area contributed by atoms with Gasteiger partial charge >= 0.3 is 5.97 Å². The Balaban J connectivity index is 1.47. The molecule has 1 aliphatic rings. The zero-order valence-corrected chi connectivity index (χ0v) is 24.3. The topological polar surface area (TPSA) is 77.5 Å². The molecular formula is C33H38N2O4S. The molecule has 1 aromatic heterocycles. The van der Waals surface area contributed by atoms with Gasteiger partial charge < -0.3 is 14.8 Å². The molecule has 2 aromatic carbocycles. The van der Waals surface area contributed by atoms with Gasteiger partial charge in [0, 0.05) is 16.9 Å². The highest BCUT2D eigenvalue weighted by Gasteiger charge is 2.26. The van der Waals surface area contributed by atoms with E-state index in [-0.39, 0.29) is 23.8 Å². The van der Waals surface area contributed by atoms with Crippen LogP contribution in [0.4, 0.5) is 0 Å². The number of amides is 1. The number of rotatable bonds is 12. The first-order valence-electron chi connectivity index (χ1n) is 14.0. The van der Waals surface area contributed by atoms with Crippen molar-refractivity contribution in [2.45, 2.75) is 65.5 Å². The fourth-order valence-corrected chi connectivity index (χ4v) is 5.65. The summed E-state index contributed by atoms with van der Waals surface area (Å²) in [7, 11) is 0. The standard InChI is InChI=1S/C33H38N2O4S/c1-4-38-33(37)24(3)18-23(2)19-28-22-40-32(34-28)30(35-31(36)27-12-8-9-13-27)20-25-14-16-29(17-15-25)39-21-26-10-6-5-7-11-26/h5-7,10-11,14-19,22,27,30H,4,8-9,12-13,20-21H2,1-3H3,(H,35,36)/b23-19+,24-18-/t30-/m0/s1. The van der Waals surface area contributed by atoms with E-state index in [2.05, 4.69) is 17.4 Å². The monoisotopic (exact) mass is 558 g/mol. The molecule has 6 nitrogen and oxygen atoms in total. The molecule has 3 aromatic rings. The number of hydrogen-bond acceptors (Lipinski definition) is 6. The van der Waals surface area contributed by atoms with Crippen LogP contribution in [0.5, 0.6) is 5.75 Å². The molecule has 4 rings (SSSR count). The third kappa shape index (κ3) is 8.65. The van der Waals surface area contributed by atoms with Crippen LogP contribution in [0.1, 0.15) is 74.3 Å². The van der Waals surface area contributed by atoms with Gasteiger partial charge in [0.25, 0.3) is 0 Å². The fourth-order valence-electron chi connectivity index (χ4n) is 4.82. The van der Waals surface area contributed by atoms with Crippen molar-refractivity contribution in [3.05, 3.63) is 99.0 Å². The fraction of sp³-hybridized carbons (Fsp3) is 0.364. The minimum atomic E-state index is -0.319. The van der Waals surface area contributed by atoms with Crippen LogP contribution in [-0.2, 0) is 27.4 Å². The second kappa shape index (κ2) is 14.6. The summed E-state index contributed by atoms with van der Waals surface area (Å²) in [6, 6.07) is 17.9. The molecule has 1 N–H and O–H groups in total. The van der Waals surface area contributed by atoms with Crippen LogP contribution in [0.2, 0.25) is 0 Å². The van der Waals surface area contributed by atoms with Gasteiger partial charge in [-0.2, -0.15) is 0 Å². The lowest BCUT2D eigenvalue weighted by molar-refractivity contribution is -0.138. The van der Waals surface area contributed by atoms with Gasteiger partial charge in [-0.25, -0.2) is 9.78 Å². The van der Waals surface area contributed by atoms with Crippen molar-refractivity contribution < 1.29 is 19.1 Å². The summed E-state index contributed by atoms with van der Waals surface area (Å²) in [6.45, 7) is 6.33. The molecule has 1 amide bonds. The van der Waals surface area contributed by atoms with Gasteiger partial charge in [0.05, 0.1) is 18.3 Å². The first kappa shape index (κ1) is 29.3. The van der Waals surface area contributed by atoms with E-state index in [0.29, 0.717) is 25.2 Å². The molecule has 1 saturated carbocycles. The zero-order valence-electron chi connectivity index (χ0n) is 23.5. The van der Waals surface area contributed by atoms with Gasteiger partial charge in [0.2, 0.25) is 5.91 Å². The number of esters is 1. The molecule has 7 heteroatoms. The number of carbonyl (C=O) groups excluding carboxylic acids is 2. The van der Waals surface area contributed by atoms with E-state index in [1.807, 2.05) is 60.8 Å². The molecule has 1 aliphatic carbocycles. The predicted molar refractivity (Wildman–Crippen MR) is 160 cm³/mol. The normalized spacial score (nSPS) is 15.1. The molecule has 1 fully saturated rings. The van der Waals surface area contributed by atoms with Gasteiger partial charge in [-0.15, -0.1) is 11.3 Å². The lowest BCUT2D eigenvalue weighted by Gasteiger charge is -2.19. The molecule has 0 radical (unpaired) electrons. The van der Waals surface area contributed by atoms with E-state index in [9.17, 15) is 9.59 Å². The van der Waals surface area contributed by atoms with Crippen LogP contribution in [0.3, 0.4) is 0 Å². The molecular weight excluding hydrogens is 520 g/mol. The third-order valence-corrected chi connectivity index (χ3v) is 7.89. The largest absolute Gasteiger partial charge is 0.489 e. The van der Waals surface area contributed by atoms with Crippen LogP contribution in [-0.4, -0.2) is 23.5 Å². The van der Waals surface area contributed by atoms with Crippen LogP contribution in [0.15, 0.2) is 77.2 Å². The Kier molecular flexibility index (Phi) is 10.7. The van der Waals surface area contributed by atoms with E-state index >= 15 is 0 Å². The Morgan fingerprint density at radius 3 is 2.48 bits per heavy atom. The molecule has 40 heavy (non-hydrogen) atoms. The minimum Gasteiger partial charge on any atom is -0.489 e. The minimum absolute atomic E-state index is 0.0776. The van der Waals surface area contributed by atoms with Crippen molar-refractivity contribution in [1.29, 1.82) is 0 Å². The summed E-state index contributed by atoms with van der Waals surface area (Å²) in [6.07, 6.45) is 8.49. The molecule has 0 spiro atoms. The first-order chi connectivity index (χ1) is 19.4. The summed E-state index contributed by atoms with van der Waals surface area (Å²) < 4.78 is 11.0. The van der Waals surface area contributed by atoms with Gasteiger partial charge in [-0.05, 0) is 81.0 Å². The van der Waals surface area contributed by atoms with E-state index in [4.69, 9.17) is 14.5 Å². The molecule has 0 bridgehead atoms. The van der Waals surface area contributed by atoms with Gasteiger partial charge in [0.1, 0.15) is 17.4 Å². The number of nitrogens with one attached hydrogen (secondary N) is 1. The number of nitrogens with zero attached hydrogens (tertiary/aromatic N) is 1. The Morgan fingerprint density at radius 1 is 1.05 bits per heavy atom. The van der Waals surface area contributed by atoms with Crippen LogP contribution in [0, 0.1) is 5.92 Å². The van der Waals surface area contributed by atoms with E-state index in [0.717, 1.165) is 58.8 Å².